The highest BCUT2D eigenvalue weighted by molar-refractivity contribution is 7.25. The normalized spacial score (nSPS) is 13.7. The minimum Gasteiger partial charge on any atom is -0.293 e. The molecule has 1 aliphatic carbocycles. The number of rotatable bonds is 2. The number of benzene rings is 6. The van der Waals surface area contributed by atoms with Crippen molar-refractivity contribution in [3.63, 3.8) is 0 Å². The van der Waals surface area contributed by atoms with Crippen molar-refractivity contribution < 1.29 is 0 Å². The first-order valence-corrected chi connectivity index (χ1v) is 16.2. The third-order valence-electron chi connectivity index (χ3n) is 9.76. The minimum atomic E-state index is -0.276. The van der Waals surface area contributed by atoms with Crippen LogP contribution in [0.4, 0.5) is 0 Å². The number of aromatic nitrogens is 3. The van der Waals surface area contributed by atoms with Crippen LogP contribution in [0, 0.1) is 0 Å². The molecule has 3 aromatic heterocycles. The lowest BCUT2D eigenvalue weighted by Gasteiger charge is -2.24. The lowest BCUT2D eigenvalue weighted by molar-refractivity contribution is 0.650. The average Bonchev–Trinajstić information content (AvgIpc) is 3.68. The van der Waals surface area contributed by atoms with E-state index in [0.29, 0.717) is 0 Å². The largest absolute Gasteiger partial charge is 0.293 e. The molecule has 3 nitrogen and oxygen atoms in total. The van der Waals surface area contributed by atoms with Gasteiger partial charge in [-0.05, 0) is 58.8 Å². The van der Waals surface area contributed by atoms with Crippen LogP contribution in [0.15, 0.2) is 127 Å². The lowest BCUT2D eigenvalue weighted by Crippen LogP contribution is -2.19. The molecule has 0 fully saturated rings. The molecule has 3 heterocycles. The third kappa shape index (κ3) is 3.40. The number of hydrogen-bond acceptors (Lipinski definition) is 3. The first-order valence-electron chi connectivity index (χ1n) is 15.4. The van der Waals surface area contributed by atoms with E-state index in [2.05, 4.69) is 146 Å². The van der Waals surface area contributed by atoms with E-state index in [1.807, 2.05) is 11.3 Å². The van der Waals surface area contributed by atoms with Crippen LogP contribution in [0.2, 0.25) is 0 Å². The summed E-state index contributed by atoms with van der Waals surface area (Å²) in [5, 5.41) is 7.46. The van der Waals surface area contributed by atoms with Crippen LogP contribution in [0.5, 0.6) is 0 Å². The zero-order chi connectivity index (χ0) is 29.9. The Morgan fingerprint density at radius 3 is 2.18 bits per heavy atom. The van der Waals surface area contributed by atoms with Crippen LogP contribution in [0.3, 0.4) is 0 Å². The Morgan fingerprint density at radius 1 is 0.578 bits per heavy atom. The fourth-order valence-corrected chi connectivity index (χ4v) is 8.71. The topological polar surface area (TPSA) is 30.7 Å². The monoisotopic (exact) mass is 593 g/mol. The average molecular weight is 594 g/mol. The van der Waals surface area contributed by atoms with E-state index in [0.717, 1.165) is 33.9 Å². The van der Waals surface area contributed by atoms with Gasteiger partial charge in [0.1, 0.15) is 5.82 Å². The van der Waals surface area contributed by atoms with Crippen molar-refractivity contribution in [1.82, 2.24) is 14.5 Å². The molecule has 0 atom stereocenters. The number of para-hydroxylation sites is 1. The SMILES string of the molecule is CC1(C)c2ccccc2-c2nc(-c3ccc4sc5ccccc5c4c3)nc(-n3c4ccccc4c4cc5ccccc5cc43)c21. The zero-order valence-corrected chi connectivity index (χ0v) is 25.7. The maximum Gasteiger partial charge on any atom is 0.162 e. The van der Waals surface area contributed by atoms with E-state index in [1.54, 1.807) is 0 Å². The van der Waals surface area contributed by atoms with Gasteiger partial charge in [-0.15, -0.1) is 11.3 Å². The van der Waals surface area contributed by atoms with E-state index >= 15 is 0 Å². The Bertz CT molecular complexity index is 2690. The van der Waals surface area contributed by atoms with Crippen molar-refractivity contribution in [3.05, 3.63) is 139 Å². The Kier molecular flexibility index (Phi) is 4.94. The lowest BCUT2D eigenvalue weighted by atomic mass is 9.82. The molecule has 6 aromatic carbocycles. The van der Waals surface area contributed by atoms with Gasteiger partial charge in [-0.3, -0.25) is 4.57 Å². The van der Waals surface area contributed by atoms with Crippen LogP contribution in [0.25, 0.3) is 81.2 Å². The molecule has 10 rings (SSSR count). The second-order valence-electron chi connectivity index (χ2n) is 12.6. The summed E-state index contributed by atoms with van der Waals surface area (Å²) in [5.41, 5.74) is 7.75. The summed E-state index contributed by atoms with van der Waals surface area (Å²) < 4.78 is 4.98. The summed E-state index contributed by atoms with van der Waals surface area (Å²) in [6.45, 7) is 4.63. The van der Waals surface area contributed by atoms with Crippen molar-refractivity contribution in [2.45, 2.75) is 19.3 Å². The molecule has 0 N–H and O–H groups in total. The molecule has 9 aromatic rings. The first-order chi connectivity index (χ1) is 22.1. The first kappa shape index (κ1) is 25.1. The zero-order valence-electron chi connectivity index (χ0n) is 24.9. The number of nitrogens with zero attached hydrogens (tertiary/aromatic N) is 3. The highest BCUT2D eigenvalue weighted by Gasteiger charge is 2.40. The number of hydrogen-bond donors (Lipinski definition) is 0. The summed E-state index contributed by atoms with van der Waals surface area (Å²) in [6, 6.07) is 46.1. The molecule has 0 radical (unpaired) electrons. The van der Waals surface area contributed by atoms with Crippen molar-refractivity contribution in [3.8, 4) is 28.5 Å². The second-order valence-corrected chi connectivity index (χ2v) is 13.7. The van der Waals surface area contributed by atoms with E-state index in [1.165, 1.54) is 58.4 Å². The summed E-state index contributed by atoms with van der Waals surface area (Å²) in [4.78, 5) is 10.9. The fraction of sp³-hybridized carbons (Fsp3) is 0.0732. The highest BCUT2D eigenvalue weighted by atomic mass is 32.1. The van der Waals surface area contributed by atoms with Gasteiger partial charge in [0.15, 0.2) is 5.82 Å². The van der Waals surface area contributed by atoms with E-state index in [9.17, 15) is 0 Å². The predicted octanol–water partition coefficient (Wildman–Crippen LogP) is 11.1. The van der Waals surface area contributed by atoms with Gasteiger partial charge in [-0.2, -0.15) is 0 Å². The van der Waals surface area contributed by atoms with Gasteiger partial charge in [0.25, 0.3) is 0 Å². The molecular formula is C41H27N3S. The van der Waals surface area contributed by atoms with Crippen LogP contribution in [-0.2, 0) is 5.41 Å². The van der Waals surface area contributed by atoms with Crippen LogP contribution >= 0.6 is 11.3 Å². The van der Waals surface area contributed by atoms with Gasteiger partial charge in [-0.1, -0.05) is 98.8 Å². The molecule has 212 valence electrons. The Balaban J connectivity index is 1.34. The minimum absolute atomic E-state index is 0.276. The summed E-state index contributed by atoms with van der Waals surface area (Å²) >= 11 is 1.84. The van der Waals surface area contributed by atoms with Crippen molar-refractivity contribution in [2.24, 2.45) is 0 Å². The van der Waals surface area contributed by atoms with Crippen molar-refractivity contribution in [1.29, 1.82) is 0 Å². The summed E-state index contributed by atoms with van der Waals surface area (Å²) in [5.74, 6) is 1.70. The van der Waals surface area contributed by atoms with Crippen LogP contribution in [-0.4, -0.2) is 14.5 Å². The molecular weight excluding hydrogens is 567 g/mol. The third-order valence-corrected chi connectivity index (χ3v) is 10.9. The van der Waals surface area contributed by atoms with Gasteiger partial charge in [0, 0.05) is 53.1 Å². The highest BCUT2D eigenvalue weighted by Crippen LogP contribution is 2.51. The maximum absolute atomic E-state index is 5.54. The van der Waals surface area contributed by atoms with E-state index < -0.39 is 0 Å². The van der Waals surface area contributed by atoms with Crippen molar-refractivity contribution >= 4 is 64.1 Å². The maximum atomic E-state index is 5.54. The van der Waals surface area contributed by atoms with E-state index in [4.69, 9.17) is 9.97 Å². The van der Waals surface area contributed by atoms with Crippen LogP contribution < -0.4 is 0 Å². The molecule has 0 spiro atoms. The number of fused-ring (bicyclic) bond motifs is 10. The Labute approximate surface area is 264 Å². The molecule has 0 saturated heterocycles. The molecule has 0 saturated carbocycles. The van der Waals surface area contributed by atoms with Gasteiger partial charge < -0.3 is 0 Å². The van der Waals surface area contributed by atoms with Gasteiger partial charge in [0.05, 0.1) is 16.7 Å². The van der Waals surface area contributed by atoms with Crippen LogP contribution in [0.1, 0.15) is 25.0 Å². The Morgan fingerprint density at radius 2 is 1.29 bits per heavy atom. The number of thiophene rings is 1. The fourth-order valence-electron chi connectivity index (χ4n) is 7.63. The molecule has 0 aliphatic heterocycles. The van der Waals surface area contributed by atoms with Gasteiger partial charge in [-0.25, -0.2) is 9.97 Å². The summed E-state index contributed by atoms with van der Waals surface area (Å²) in [6.07, 6.45) is 0. The molecule has 0 unspecified atom stereocenters. The molecule has 45 heavy (non-hydrogen) atoms. The standard InChI is InChI=1S/C41H27N3S/c1-41(2)32-16-8-5-15-29(32)38-37(41)40(43-39(42-38)26-19-20-36-31(22-26)28-14-7-10-18-35(28)45-36)44-33-17-9-6-13-27(33)30-21-24-11-3-4-12-25(24)23-34(30)44/h3-23H,1-2H3. The van der Waals surface area contributed by atoms with Crippen molar-refractivity contribution in [2.75, 3.05) is 0 Å². The smallest absolute Gasteiger partial charge is 0.162 e. The van der Waals surface area contributed by atoms with Gasteiger partial charge >= 0.3 is 0 Å². The quantitative estimate of drug-likeness (QED) is 0.200. The molecule has 0 bridgehead atoms. The molecule has 4 heteroatoms. The second kappa shape index (κ2) is 8.87. The predicted molar refractivity (Wildman–Crippen MR) is 190 cm³/mol. The van der Waals surface area contributed by atoms with E-state index in [-0.39, 0.29) is 5.41 Å². The van der Waals surface area contributed by atoms with Gasteiger partial charge in [0.2, 0.25) is 0 Å². The Hall–Kier alpha value is -5.32. The molecule has 0 amide bonds. The molecule has 1 aliphatic rings. The summed E-state index contributed by atoms with van der Waals surface area (Å²) in [7, 11) is 0.